The van der Waals surface area contributed by atoms with Crippen molar-refractivity contribution in [1.29, 1.82) is 0 Å². The van der Waals surface area contributed by atoms with E-state index < -0.39 is 18.2 Å². The summed E-state index contributed by atoms with van der Waals surface area (Å²) in [5.74, 6) is -0.151. The highest BCUT2D eigenvalue weighted by Crippen LogP contribution is 2.17. The maximum Gasteiger partial charge on any atom is 0.220 e. The Morgan fingerprint density at radius 2 is 0.678 bits per heavy atom. The van der Waals surface area contributed by atoms with E-state index in [1.54, 1.807) is 0 Å². The SMILES string of the molecule is CCCCCCCCCCCCC/C=C/CCCC(O)C(O)C(CO)NC(=O)CCCCCCCCCCCCCCC/C=C\CCCCCCCCCCCCCC. The highest BCUT2D eigenvalue weighted by Gasteiger charge is 2.26. The summed E-state index contributed by atoms with van der Waals surface area (Å²) >= 11 is 0. The van der Waals surface area contributed by atoms with Crippen LogP contribution in [0.4, 0.5) is 0 Å². The molecular formula is C54H105NO4. The molecule has 0 radical (unpaired) electrons. The summed E-state index contributed by atoms with van der Waals surface area (Å²) in [6.45, 7) is 4.19. The van der Waals surface area contributed by atoms with Gasteiger partial charge in [0, 0.05) is 6.42 Å². The zero-order valence-corrected chi connectivity index (χ0v) is 39.9. The fourth-order valence-corrected chi connectivity index (χ4v) is 8.40. The monoisotopic (exact) mass is 832 g/mol. The topological polar surface area (TPSA) is 89.8 Å². The van der Waals surface area contributed by atoms with Crippen LogP contribution >= 0.6 is 0 Å². The second-order valence-corrected chi connectivity index (χ2v) is 18.4. The number of carbonyl (C=O) groups excluding carboxylic acids is 1. The standard InChI is InChI=1S/C54H105NO4/c1-3-5-7-9-11-13-15-17-19-21-22-23-24-25-26-27-28-29-30-31-32-33-35-37-39-41-43-45-47-49-53(58)55-51(50-56)54(59)52(57)48-46-44-42-40-38-36-34-20-18-16-14-12-10-8-6-4-2/h25-26,40,42,51-52,54,56-57,59H,3-24,27-39,41,43-50H2,1-2H3,(H,55,58)/b26-25-,42-40+. The number of unbranched alkanes of at least 4 members (excludes halogenated alkanes) is 37. The Morgan fingerprint density at radius 3 is 0.983 bits per heavy atom. The van der Waals surface area contributed by atoms with Gasteiger partial charge in [-0.15, -0.1) is 0 Å². The third-order valence-corrected chi connectivity index (χ3v) is 12.5. The number of rotatable bonds is 49. The Balaban J connectivity index is 3.54. The molecule has 0 heterocycles. The molecule has 4 N–H and O–H groups in total. The van der Waals surface area contributed by atoms with Gasteiger partial charge >= 0.3 is 0 Å². The van der Waals surface area contributed by atoms with E-state index in [2.05, 4.69) is 43.5 Å². The average Bonchev–Trinajstić information content (AvgIpc) is 3.24. The molecular weight excluding hydrogens is 727 g/mol. The molecule has 0 aromatic rings. The fourth-order valence-electron chi connectivity index (χ4n) is 8.40. The van der Waals surface area contributed by atoms with Gasteiger partial charge in [-0.3, -0.25) is 4.79 Å². The van der Waals surface area contributed by atoms with Crippen molar-refractivity contribution in [2.45, 2.75) is 308 Å². The molecule has 0 aliphatic heterocycles. The average molecular weight is 832 g/mol. The Bertz CT molecular complexity index is 874. The van der Waals surface area contributed by atoms with Crippen LogP contribution in [0.2, 0.25) is 0 Å². The van der Waals surface area contributed by atoms with Crippen LogP contribution in [0.15, 0.2) is 24.3 Å². The predicted molar refractivity (Wildman–Crippen MR) is 259 cm³/mol. The first-order valence-electron chi connectivity index (χ1n) is 26.6. The molecule has 0 fully saturated rings. The van der Waals surface area contributed by atoms with Gasteiger partial charge in [-0.25, -0.2) is 0 Å². The minimum atomic E-state index is -1.16. The van der Waals surface area contributed by atoms with Crippen molar-refractivity contribution < 1.29 is 20.1 Å². The number of aliphatic hydroxyl groups is 3. The van der Waals surface area contributed by atoms with E-state index in [-0.39, 0.29) is 12.5 Å². The molecule has 59 heavy (non-hydrogen) atoms. The molecule has 0 saturated heterocycles. The first-order valence-corrected chi connectivity index (χ1v) is 26.6. The summed E-state index contributed by atoms with van der Waals surface area (Å²) in [4.78, 5) is 12.5. The highest BCUT2D eigenvalue weighted by atomic mass is 16.3. The van der Waals surface area contributed by atoms with Crippen molar-refractivity contribution in [3.8, 4) is 0 Å². The van der Waals surface area contributed by atoms with Crippen LogP contribution in [0, 0.1) is 0 Å². The molecule has 0 rings (SSSR count). The number of hydrogen-bond donors (Lipinski definition) is 4. The molecule has 0 spiro atoms. The lowest BCUT2D eigenvalue weighted by molar-refractivity contribution is -0.124. The van der Waals surface area contributed by atoms with Crippen LogP contribution in [0.5, 0.6) is 0 Å². The van der Waals surface area contributed by atoms with Gasteiger partial charge in [0.2, 0.25) is 5.91 Å². The van der Waals surface area contributed by atoms with Gasteiger partial charge < -0.3 is 20.6 Å². The van der Waals surface area contributed by atoms with Gasteiger partial charge in [0.25, 0.3) is 0 Å². The second-order valence-electron chi connectivity index (χ2n) is 18.4. The molecule has 3 atom stereocenters. The summed E-state index contributed by atoms with van der Waals surface area (Å²) in [5, 5.41) is 33.6. The van der Waals surface area contributed by atoms with E-state index in [0.717, 1.165) is 38.5 Å². The van der Waals surface area contributed by atoms with Gasteiger partial charge in [0.05, 0.1) is 18.8 Å². The lowest BCUT2D eigenvalue weighted by Gasteiger charge is -2.26. The van der Waals surface area contributed by atoms with E-state index in [0.29, 0.717) is 12.8 Å². The molecule has 0 bridgehead atoms. The molecule has 5 nitrogen and oxygen atoms in total. The largest absolute Gasteiger partial charge is 0.394 e. The van der Waals surface area contributed by atoms with E-state index in [1.807, 2.05) is 0 Å². The highest BCUT2D eigenvalue weighted by molar-refractivity contribution is 5.76. The lowest BCUT2D eigenvalue weighted by atomic mass is 10.0. The van der Waals surface area contributed by atoms with Crippen LogP contribution in [-0.2, 0) is 4.79 Å². The predicted octanol–water partition coefficient (Wildman–Crippen LogP) is 16.1. The van der Waals surface area contributed by atoms with E-state index in [1.165, 1.54) is 225 Å². The number of allylic oxidation sites excluding steroid dienone is 4. The molecule has 350 valence electrons. The lowest BCUT2D eigenvalue weighted by Crippen LogP contribution is -2.50. The van der Waals surface area contributed by atoms with Crippen molar-refractivity contribution in [3.05, 3.63) is 24.3 Å². The summed E-state index contributed by atoms with van der Waals surface area (Å²) in [6.07, 6.45) is 61.8. The van der Waals surface area contributed by atoms with Crippen molar-refractivity contribution in [2.75, 3.05) is 6.61 Å². The van der Waals surface area contributed by atoms with Crippen molar-refractivity contribution in [1.82, 2.24) is 5.32 Å². The Hall–Kier alpha value is -1.17. The smallest absolute Gasteiger partial charge is 0.220 e. The number of carbonyl (C=O) groups is 1. The third kappa shape index (κ3) is 44.7. The zero-order chi connectivity index (χ0) is 43.0. The minimum Gasteiger partial charge on any atom is -0.394 e. The Kier molecular flexibility index (Phi) is 48.5. The first kappa shape index (κ1) is 57.8. The van der Waals surface area contributed by atoms with Crippen LogP contribution in [0.1, 0.15) is 290 Å². The first-order chi connectivity index (χ1) is 29.1. The Morgan fingerprint density at radius 1 is 0.407 bits per heavy atom. The molecule has 3 unspecified atom stereocenters. The third-order valence-electron chi connectivity index (χ3n) is 12.5. The summed E-state index contributed by atoms with van der Waals surface area (Å²) in [7, 11) is 0. The quantitative estimate of drug-likeness (QED) is 0.0363. The number of aliphatic hydroxyl groups excluding tert-OH is 3. The van der Waals surface area contributed by atoms with Gasteiger partial charge in [0.1, 0.15) is 6.10 Å². The molecule has 0 aromatic carbocycles. The van der Waals surface area contributed by atoms with Crippen LogP contribution in [0.3, 0.4) is 0 Å². The molecule has 0 aromatic heterocycles. The van der Waals surface area contributed by atoms with Gasteiger partial charge in [-0.05, 0) is 64.2 Å². The van der Waals surface area contributed by atoms with Crippen LogP contribution in [-0.4, -0.2) is 46.1 Å². The summed E-state index contributed by atoms with van der Waals surface area (Å²) in [5.41, 5.74) is 0. The van der Waals surface area contributed by atoms with E-state index in [9.17, 15) is 20.1 Å². The van der Waals surface area contributed by atoms with Gasteiger partial charge in [0.15, 0.2) is 0 Å². The molecule has 0 aliphatic carbocycles. The van der Waals surface area contributed by atoms with E-state index >= 15 is 0 Å². The number of hydrogen-bond acceptors (Lipinski definition) is 4. The molecule has 5 heteroatoms. The van der Waals surface area contributed by atoms with E-state index in [4.69, 9.17) is 0 Å². The van der Waals surface area contributed by atoms with Crippen molar-refractivity contribution >= 4 is 5.91 Å². The normalized spacial score (nSPS) is 13.5. The van der Waals surface area contributed by atoms with Crippen molar-refractivity contribution in [2.24, 2.45) is 0 Å². The Labute approximate surface area is 369 Å². The van der Waals surface area contributed by atoms with Gasteiger partial charge in [-0.1, -0.05) is 244 Å². The van der Waals surface area contributed by atoms with Crippen LogP contribution < -0.4 is 5.32 Å². The second kappa shape index (κ2) is 49.5. The van der Waals surface area contributed by atoms with Gasteiger partial charge in [-0.2, -0.15) is 0 Å². The molecule has 1 amide bonds. The maximum absolute atomic E-state index is 12.5. The molecule has 0 saturated carbocycles. The maximum atomic E-state index is 12.5. The van der Waals surface area contributed by atoms with Crippen LogP contribution in [0.25, 0.3) is 0 Å². The molecule has 0 aliphatic rings. The summed E-state index contributed by atoms with van der Waals surface area (Å²) in [6, 6.07) is -0.824. The zero-order valence-electron chi connectivity index (χ0n) is 39.9. The minimum absolute atomic E-state index is 0.151. The number of nitrogens with one attached hydrogen (secondary N) is 1. The fraction of sp³-hybridized carbons (Fsp3) is 0.907. The van der Waals surface area contributed by atoms with Crippen molar-refractivity contribution in [3.63, 3.8) is 0 Å². The summed E-state index contributed by atoms with van der Waals surface area (Å²) < 4.78 is 0. The number of amides is 1.